The molecule has 3 aromatic carbocycles. The van der Waals surface area contributed by atoms with Gasteiger partial charge < -0.3 is 4.90 Å². The summed E-state index contributed by atoms with van der Waals surface area (Å²) in [5.74, 6) is -0.200. The van der Waals surface area contributed by atoms with Crippen molar-refractivity contribution >= 4 is 48.3 Å². The number of sulfonamides is 1. The van der Waals surface area contributed by atoms with Gasteiger partial charge in [-0.25, -0.2) is 13.4 Å². The zero-order valence-corrected chi connectivity index (χ0v) is 23.2. The van der Waals surface area contributed by atoms with Crippen LogP contribution in [0.2, 0.25) is 0 Å². The summed E-state index contributed by atoms with van der Waals surface area (Å²) < 4.78 is 28.6. The van der Waals surface area contributed by atoms with E-state index in [4.69, 9.17) is 4.98 Å². The molecule has 194 valence electrons. The second kappa shape index (κ2) is 11.4. The van der Waals surface area contributed by atoms with Crippen LogP contribution >= 0.6 is 11.3 Å². The summed E-state index contributed by atoms with van der Waals surface area (Å²) in [4.78, 5) is 22.3. The molecule has 1 heterocycles. The van der Waals surface area contributed by atoms with E-state index in [1.165, 1.54) is 40.4 Å². The van der Waals surface area contributed by atoms with Gasteiger partial charge in [-0.05, 0) is 87.6 Å². The van der Waals surface area contributed by atoms with E-state index < -0.39 is 10.0 Å². The molecular weight excluding hydrogens is 504 g/mol. The molecule has 0 radical (unpaired) electrons. The number of hydrogen-bond acceptors (Lipinski definition) is 6. The predicted molar refractivity (Wildman–Crippen MR) is 152 cm³/mol. The number of nitrogens with zero attached hydrogens (tertiary/aromatic N) is 4. The van der Waals surface area contributed by atoms with Gasteiger partial charge >= 0.3 is 0 Å². The van der Waals surface area contributed by atoms with Crippen LogP contribution in [0.15, 0.2) is 77.7 Å². The molecule has 4 rings (SSSR count). The molecule has 9 heteroatoms. The molecule has 0 unspecified atom stereocenters. The number of hydrogen-bond donors (Lipinski definition) is 0. The van der Waals surface area contributed by atoms with Gasteiger partial charge in [-0.3, -0.25) is 14.0 Å². The van der Waals surface area contributed by atoms with E-state index in [1.54, 1.807) is 41.3 Å². The first-order valence-electron chi connectivity index (χ1n) is 12.2. The summed E-state index contributed by atoms with van der Waals surface area (Å²) in [5, 5.41) is 0.646. The van der Waals surface area contributed by atoms with Crippen molar-refractivity contribution in [1.29, 1.82) is 0 Å². The van der Waals surface area contributed by atoms with Crippen molar-refractivity contribution in [3.8, 4) is 0 Å². The molecule has 7 nitrogen and oxygen atoms in total. The van der Waals surface area contributed by atoms with E-state index in [1.807, 2.05) is 26.2 Å². The first kappa shape index (κ1) is 26.8. The normalized spacial score (nSPS) is 11.7. The fraction of sp³-hybridized carbons (Fsp3) is 0.286. The molecule has 0 spiro atoms. The first-order chi connectivity index (χ1) is 17.7. The Bertz CT molecular complexity index is 1470. The largest absolute Gasteiger partial charge is 0.309 e. The van der Waals surface area contributed by atoms with Crippen LogP contribution < -0.4 is 9.21 Å². The van der Waals surface area contributed by atoms with Gasteiger partial charge in [-0.1, -0.05) is 42.5 Å². The molecule has 0 saturated carbocycles. The Labute approximate surface area is 223 Å². The molecule has 37 heavy (non-hydrogen) atoms. The van der Waals surface area contributed by atoms with Gasteiger partial charge in [-0.2, -0.15) is 0 Å². The zero-order chi connectivity index (χ0) is 26.6. The topological polar surface area (TPSA) is 73.8 Å². The highest BCUT2D eigenvalue weighted by Crippen LogP contribution is 2.31. The molecule has 0 aliphatic rings. The number of carbonyl (C=O) groups excluding carboxylic acids is 1. The monoisotopic (exact) mass is 536 g/mol. The molecule has 4 aromatic rings. The average molecular weight is 537 g/mol. The van der Waals surface area contributed by atoms with Crippen LogP contribution in [0.5, 0.6) is 0 Å². The summed E-state index contributed by atoms with van der Waals surface area (Å²) in [7, 11) is 1.76. The molecule has 1 amide bonds. The molecule has 0 atom stereocenters. The van der Waals surface area contributed by atoms with Crippen LogP contribution in [0, 0.1) is 0 Å². The summed E-state index contributed by atoms with van der Waals surface area (Å²) in [5.41, 5.74) is 3.08. The number of fused-ring (bicyclic) bond motifs is 1. The van der Waals surface area contributed by atoms with Crippen molar-refractivity contribution < 1.29 is 13.2 Å². The third kappa shape index (κ3) is 6.01. The Morgan fingerprint density at radius 2 is 1.62 bits per heavy atom. The van der Waals surface area contributed by atoms with Crippen LogP contribution in [0.25, 0.3) is 10.2 Å². The lowest BCUT2D eigenvalue weighted by atomic mass is 10.2. The van der Waals surface area contributed by atoms with Crippen LogP contribution in [0.3, 0.4) is 0 Å². The summed E-state index contributed by atoms with van der Waals surface area (Å²) >= 11 is 1.50. The van der Waals surface area contributed by atoms with Crippen LogP contribution in [-0.2, 0) is 16.4 Å². The van der Waals surface area contributed by atoms with Gasteiger partial charge in [0.05, 0.1) is 20.8 Å². The minimum Gasteiger partial charge on any atom is -0.309 e. The molecule has 0 aliphatic carbocycles. The Hall–Kier alpha value is -3.27. The third-order valence-electron chi connectivity index (χ3n) is 6.19. The highest BCUT2D eigenvalue weighted by Gasteiger charge is 2.24. The SMILES string of the molecule is CCc1ccc2nc(N(CCCN(C)C)C(=O)c3ccc(S(=O)(=O)N(C)c4ccccc4)cc3)sc2c1. The number of aromatic nitrogens is 1. The maximum Gasteiger partial charge on any atom is 0.264 e. The number of aryl methyl sites for hydroxylation is 1. The van der Waals surface area contributed by atoms with E-state index in [0.717, 1.165) is 29.6 Å². The maximum atomic E-state index is 13.7. The molecule has 0 bridgehead atoms. The average Bonchev–Trinajstić information content (AvgIpc) is 3.33. The van der Waals surface area contributed by atoms with Crippen molar-refractivity contribution in [1.82, 2.24) is 9.88 Å². The van der Waals surface area contributed by atoms with Gasteiger partial charge in [0.2, 0.25) is 0 Å². The number of amides is 1. The minimum atomic E-state index is -3.76. The lowest BCUT2D eigenvalue weighted by molar-refractivity contribution is 0.0986. The van der Waals surface area contributed by atoms with E-state index in [-0.39, 0.29) is 10.8 Å². The van der Waals surface area contributed by atoms with Gasteiger partial charge in [0, 0.05) is 19.2 Å². The Morgan fingerprint density at radius 3 is 2.27 bits per heavy atom. The number of anilines is 2. The summed E-state index contributed by atoms with van der Waals surface area (Å²) in [6.07, 6.45) is 1.71. The number of thiazole rings is 1. The van der Waals surface area contributed by atoms with E-state index in [0.29, 0.717) is 22.9 Å². The second-order valence-electron chi connectivity index (χ2n) is 9.10. The molecule has 0 fully saturated rings. The molecular formula is C28H32N4O3S2. The van der Waals surface area contributed by atoms with Crippen molar-refractivity contribution in [2.45, 2.75) is 24.7 Å². The van der Waals surface area contributed by atoms with Crippen LogP contribution in [-0.4, -0.2) is 58.4 Å². The Kier molecular flexibility index (Phi) is 8.26. The van der Waals surface area contributed by atoms with Crippen LogP contribution in [0.4, 0.5) is 10.8 Å². The van der Waals surface area contributed by atoms with Gasteiger partial charge in [0.15, 0.2) is 5.13 Å². The lowest BCUT2D eigenvalue weighted by Gasteiger charge is -2.22. The van der Waals surface area contributed by atoms with Crippen molar-refractivity contribution in [3.63, 3.8) is 0 Å². The number of para-hydroxylation sites is 1. The minimum absolute atomic E-state index is 0.127. The smallest absolute Gasteiger partial charge is 0.264 e. The van der Waals surface area contributed by atoms with E-state index in [2.05, 4.69) is 24.0 Å². The molecule has 1 aromatic heterocycles. The fourth-order valence-corrected chi connectivity index (χ4v) is 6.23. The van der Waals surface area contributed by atoms with Crippen LogP contribution in [0.1, 0.15) is 29.3 Å². The Balaban J connectivity index is 1.62. The molecule has 0 aliphatic heterocycles. The maximum absolute atomic E-state index is 13.7. The van der Waals surface area contributed by atoms with Crippen molar-refractivity contribution in [2.24, 2.45) is 0 Å². The van der Waals surface area contributed by atoms with Crippen molar-refractivity contribution in [3.05, 3.63) is 83.9 Å². The second-order valence-corrected chi connectivity index (χ2v) is 12.1. The number of benzene rings is 3. The zero-order valence-electron chi connectivity index (χ0n) is 21.6. The van der Waals surface area contributed by atoms with Gasteiger partial charge in [-0.15, -0.1) is 0 Å². The quantitative estimate of drug-likeness (QED) is 0.276. The molecule has 0 saturated heterocycles. The third-order valence-corrected chi connectivity index (χ3v) is 9.03. The highest BCUT2D eigenvalue weighted by atomic mass is 32.2. The predicted octanol–water partition coefficient (Wildman–Crippen LogP) is 5.28. The van der Waals surface area contributed by atoms with Gasteiger partial charge in [0.1, 0.15) is 0 Å². The van der Waals surface area contributed by atoms with Gasteiger partial charge in [0.25, 0.3) is 15.9 Å². The highest BCUT2D eigenvalue weighted by molar-refractivity contribution is 7.92. The first-order valence-corrected chi connectivity index (χ1v) is 14.5. The fourth-order valence-electron chi connectivity index (χ4n) is 3.98. The standard InChI is InChI=1S/C28H32N4O3S2/c1-5-21-12-17-25-26(20-21)36-28(29-25)32(19-9-18-30(2)3)27(33)22-13-15-24(16-14-22)37(34,35)31(4)23-10-7-6-8-11-23/h6-8,10-17,20H,5,9,18-19H2,1-4H3. The Morgan fingerprint density at radius 1 is 0.919 bits per heavy atom. The summed E-state index contributed by atoms with van der Waals surface area (Å²) in [6, 6.07) is 21.2. The van der Waals surface area contributed by atoms with Crippen molar-refractivity contribution in [2.75, 3.05) is 43.4 Å². The lowest BCUT2D eigenvalue weighted by Crippen LogP contribution is -2.33. The number of carbonyl (C=O) groups is 1. The van der Waals surface area contributed by atoms with E-state index in [9.17, 15) is 13.2 Å². The van der Waals surface area contributed by atoms with E-state index >= 15 is 0 Å². The summed E-state index contributed by atoms with van der Waals surface area (Å²) in [6.45, 7) is 3.45. The molecule has 0 N–H and O–H groups in total. The number of rotatable bonds is 10.